The smallest absolute Gasteiger partial charge is 0.309 e. The average molecular weight is 1160 g/mol. The Morgan fingerprint density at radius 2 is 1.27 bits per heavy atom. The first-order chi connectivity index (χ1) is 40.4. The van der Waals surface area contributed by atoms with Gasteiger partial charge in [0.1, 0.15) is 28.1 Å². The van der Waals surface area contributed by atoms with Crippen LogP contribution in [0.1, 0.15) is 80.3 Å². The molecule has 9 rings (SSSR count). The summed E-state index contributed by atoms with van der Waals surface area (Å²) in [7, 11) is 3.32. The van der Waals surface area contributed by atoms with Crippen LogP contribution in [-0.2, 0) is 54.8 Å². The number of quaternary nitrogens is 1. The van der Waals surface area contributed by atoms with Gasteiger partial charge in [-0.25, -0.2) is 0 Å². The van der Waals surface area contributed by atoms with Crippen LogP contribution in [0, 0.1) is 0 Å². The summed E-state index contributed by atoms with van der Waals surface area (Å²) in [5, 5.41) is 24.4. The van der Waals surface area contributed by atoms with Gasteiger partial charge < -0.3 is 40.1 Å². The third-order valence-electron chi connectivity index (χ3n) is 15.9. The molecule has 0 spiro atoms. The van der Waals surface area contributed by atoms with Crippen LogP contribution >= 0.6 is 24.0 Å². The molecule has 0 bridgehead atoms. The average Bonchev–Trinajstić information content (AvgIpc) is 2.34. The number of methoxy groups -OCH3 is 2. The van der Waals surface area contributed by atoms with Gasteiger partial charge in [-0.15, -0.1) is 0 Å². The number of carboxylic acid groups (broad SMARTS) is 2. The van der Waals surface area contributed by atoms with Crippen LogP contribution in [-0.4, -0.2) is 77.0 Å². The van der Waals surface area contributed by atoms with Crippen molar-refractivity contribution in [1.82, 2.24) is 4.90 Å². The summed E-state index contributed by atoms with van der Waals surface area (Å²) < 4.78 is 11.7. The minimum Gasteiger partial charge on any atom is -0.497 e. The number of fused-ring (bicyclic) bond motifs is 2. The molecule has 1 fully saturated rings. The number of nitrogens with zero attached hydrogens (tertiary/aromatic N) is 3. The third-order valence-corrected chi connectivity index (χ3v) is 17.3. The van der Waals surface area contributed by atoms with Crippen molar-refractivity contribution in [3.63, 3.8) is 0 Å². The van der Waals surface area contributed by atoms with E-state index in [-0.39, 0.29) is 36.2 Å². The van der Waals surface area contributed by atoms with Gasteiger partial charge >= 0.3 is 11.9 Å². The van der Waals surface area contributed by atoms with E-state index in [1.54, 1.807) is 26.4 Å². The molecule has 84 heavy (non-hydrogen) atoms. The van der Waals surface area contributed by atoms with E-state index in [0.29, 0.717) is 42.9 Å². The molecule has 432 valence electrons. The molecule has 2 amide bonds. The number of nitrogens with two attached hydrogens (primary N) is 1. The highest BCUT2D eigenvalue weighted by Crippen LogP contribution is 2.54. The first-order valence-electron chi connectivity index (χ1n) is 28.2. The van der Waals surface area contributed by atoms with Crippen molar-refractivity contribution in [2.24, 2.45) is 0 Å². The van der Waals surface area contributed by atoms with Gasteiger partial charge in [-0.05, 0) is 119 Å². The van der Waals surface area contributed by atoms with Crippen molar-refractivity contribution in [1.29, 1.82) is 0 Å². The number of carbonyl (C=O) groups excluding carboxylic acids is 2. The molecule has 6 aromatic carbocycles. The Hall–Kier alpha value is -8.50. The summed E-state index contributed by atoms with van der Waals surface area (Å²) in [6.45, 7) is 9.46. The zero-order valence-electron chi connectivity index (χ0n) is 48.3. The molecule has 0 atom stereocenters. The van der Waals surface area contributed by atoms with Gasteiger partial charge in [0.05, 0.1) is 38.5 Å². The van der Waals surface area contributed by atoms with E-state index >= 15 is 0 Å². The van der Waals surface area contributed by atoms with E-state index in [4.69, 9.17) is 21.7 Å². The molecule has 0 aliphatic carbocycles. The molecule has 15 heteroatoms. The number of ether oxygens (including phenoxy) is 2. The topological polar surface area (TPSA) is 166 Å². The summed E-state index contributed by atoms with van der Waals surface area (Å²) in [6, 6.07) is 48.7. The van der Waals surface area contributed by atoms with E-state index in [1.165, 1.54) is 16.7 Å². The van der Waals surface area contributed by atoms with Crippen LogP contribution in [0.5, 0.6) is 11.5 Å². The lowest BCUT2D eigenvalue weighted by molar-refractivity contribution is -0.571. The molecule has 1 saturated heterocycles. The monoisotopic (exact) mass is 1160 g/mol. The molecule has 0 saturated carbocycles. The predicted molar refractivity (Wildman–Crippen MR) is 339 cm³/mol. The second kappa shape index (κ2) is 26.4. The maximum Gasteiger partial charge on any atom is 0.309 e. The predicted octanol–water partition coefficient (Wildman–Crippen LogP) is 12.3. The molecule has 0 radical (unpaired) electrons. The van der Waals surface area contributed by atoms with Crippen LogP contribution in [0.2, 0.25) is 0 Å². The molecule has 6 aromatic rings. The third kappa shape index (κ3) is 13.6. The Morgan fingerprint density at radius 3 is 1.88 bits per heavy atom. The normalized spacial score (nSPS) is 16.8. The van der Waals surface area contributed by atoms with E-state index in [2.05, 4.69) is 110 Å². The molecule has 0 aromatic heterocycles. The van der Waals surface area contributed by atoms with E-state index in [0.717, 1.165) is 73.3 Å². The minimum absolute atomic E-state index is 0.0369. The number of thioether (sulfide) groups is 1. The number of carbonyl (C=O) groups is 4. The lowest BCUT2D eigenvalue weighted by atomic mass is 9.70. The largest absolute Gasteiger partial charge is 0.497 e. The molecule has 5 N–H and O–H groups in total. The quantitative estimate of drug-likeness (QED) is 0.0196. The minimum atomic E-state index is -0.898. The summed E-state index contributed by atoms with van der Waals surface area (Å²) in [5.74, 6) is -1.07. The Labute approximate surface area is 502 Å². The zero-order valence-corrected chi connectivity index (χ0v) is 50.0. The highest BCUT2D eigenvalue weighted by Gasteiger charge is 2.48. The van der Waals surface area contributed by atoms with Crippen molar-refractivity contribution in [2.75, 3.05) is 49.0 Å². The Kier molecular flexibility index (Phi) is 18.9. The van der Waals surface area contributed by atoms with Gasteiger partial charge in [-0.3, -0.25) is 24.1 Å². The fourth-order valence-corrected chi connectivity index (χ4v) is 12.9. The first-order valence-corrected chi connectivity index (χ1v) is 29.4. The van der Waals surface area contributed by atoms with Crippen molar-refractivity contribution >= 4 is 74.8 Å². The molecular weight excluding hydrogens is 1090 g/mol. The number of thiocarbonyl (C=S) groups is 1. The fraction of sp³-hybridized carbons (Fsp3) is 0.261. The van der Waals surface area contributed by atoms with E-state index in [1.807, 2.05) is 115 Å². The maximum absolute atomic E-state index is 14.1. The van der Waals surface area contributed by atoms with Gasteiger partial charge in [-0.2, -0.15) is 0 Å². The number of anilines is 3. The van der Waals surface area contributed by atoms with Crippen LogP contribution in [0.25, 0.3) is 0 Å². The molecule has 3 aliphatic heterocycles. The van der Waals surface area contributed by atoms with Crippen LogP contribution in [0.15, 0.2) is 204 Å². The number of aliphatic carboxylic acids is 2. The van der Waals surface area contributed by atoms with Gasteiger partial charge in [0.15, 0.2) is 0 Å². The van der Waals surface area contributed by atoms with Crippen LogP contribution in [0.4, 0.5) is 22.7 Å². The lowest BCUT2D eigenvalue weighted by Gasteiger charge is -2.34. The standard InChI is InChI=1S/C69H71N5O8S2/c1-67(2,37-19-8-7-18-26-61-69(43-47-20-12-9-13-21-47,44-48-22-14-10-15-23-48)55-42-52(82-6)29-32-58(55)72(61)39-36-64(78)79)53-40-50(27-30-56(53)70-38-35-63(76)77)71-62(75)46-74-65(80)59(84-66(74)83)33-34-60-68(3,4)54-41-51(81-5)28-31-57(54)73(60)45-49-24-16-11-17-25-49/h7-34,40-42,70H,35-39,43-46H2,1-6H3,(H,71,75)(H,76,77)(H,78,79)/p+1. The highest BCUT2D eigenvalue weighted by atomic mass is 32.2. The first kappa shape index (κ1) is 60.1. The number of amides is 2. The second-order valence-corrected chi connectivity index (χ2v) is 24.1. The van der Waals surface area contributed by atoms with Crippen molar-refractivity contribution in [3.05, 3.63) is 238 Å². The van der Waals surface area contributed by atoms with Gasteiger partial charge in [0.2, 0.25) is 5.91 Å². The van der Waals surface area contributed by atoms with Crippen LogP contribution < -0.4 is 29.9 Å². The maximum atomic E-state index is 14.1. The lowest BCUT2D eigenvalue weighted by Crippen LogP contribution is -2.79. The number of rotatable bonds is 24. The molecule has 13 nitrogen and oxygen atoms in total. The molecule has 3 aliphatic rings. The van der Waals surface area contributed by atoms with Crippen molar-refractivity contribution < 1.29 is 44.2 Å². The molecule has 0 unspecified atom stereocenters. The summed E-state index contributed by atoms with van der Waals surface area (Å²) in [5.41, 5.74) is 10.3. The van der Waals surface area contributed by atoms with E-state index < -0.39 is 34.1 Å². The number of carboxylic acids is 2. The van der Waals surface area contributed by atoms with Gasteiger partial charge in [-0.1, -0.05) is 167 Å². The van der Waals surface area contributed by atoms with E-state index in [9.17, 15) is 29.4 Å². The SMILES string of the molecule is COc1ccc2c(c1)C(C)(C)C(=CC=C1SC(=S)N(CC(=O)Nc3ccc([NH2+]CCC(=O)O)c(C(C)(C)CC=CC=CC=C4N(CCC(=O)O)c5ccc(OC)cc5C4(Cc4ccccc4)Cc4ccccc4)c3)C1=O)N2Cc1ccccc1. The number of hydrogen-bond acceptors (Lipinski definition) is 10. The molecular formula is C69H72N5O8S2+. The zero-order chi connectivity index (χ0) is 59.6. The number of nitrogens with one attached hydrogen (secondary N) is 1. The highest BCUT2D eigenvalue weighted by molar-refractivity contribution is 8.26. The van der Waals surface area contributed by atoms with Gasteiger partial charge in [0, 0.05) is 64.0 Å². The van der Waals surface area contributed by atoms with Crippen molar-refractivity contribution in [2.45, 2.75) is 82.6 Å². The number of hydrogen-bond donors (Lipinski definition) is 4. The fourth-order valence-electron chi connectivity index (χ4n) is 11.7. The Balaban J connectivity index is 0.940. The Morgan fingerprint density at radius 1 is 0.679 bits per heavy atom. The van der Waals surface area contributed by atoms with Crippen molar-refractivity contribution in [3.8, 4) is 11.5 Å². The molecule has 3 heterocycles. The summed E-state index contributed by atoms with van der Waals surface area (Å²) >= 11 is 6.89. The number of allylic oxidation sites excluding steroid dienone is 9. The summed E-state index contributed by atoms with van der Waals surface area (Å²) in [4.78, 5) is 58.0. The Bertz CT molecular complexity index is 3550. The van der Waals surface area contributed by atoms with Crippen LogP contribution in [0.3, 0.4) is 0 Å². The number of benzene rings is 6. The summed E-state index contributed by atoms with van der Waals surface area (Å²) in [6.07, 6.45) is 15.8. The second-order valence-electron chi connectivity index (χ2n) is 22.4. The van der Waals surface area contributed by atoms with Gasteiger partial charge in [0.25, 0.3) is 5.91 Å².